The highest BCUT2D eigenvalue weighted by molar-refractivity contribution is 14.0. The topological polar surface area (TPSA) is 68.2 Å². The van der Waals surface area contributed by atoms with Crippen LogP contribution in [-0.4, -0.2) is 22.1 Å². The fourth-order valence-electron chi connectivity index (χ4n) is 3.31. The summed E-state index contributed by atoms with van der Waals surface area (Å²) in [4.78, 5) is 8.70. The molecule has 0 amide bonds. The number of fused-ring (bicyclic) bond motifs is 1. The molecule has 0 saturated carbocycles. The van der Waals surface area contributed by atoms with Crippen LogP contribution in [0.3, 0.4) is 0 Å². The summed E-state index contributed by atoms with van der Waals surface area (Å²) >= 11 is 0. The van der Waals surface area contributed by atoms with Crippen LogP contribution < -0.4 is 11.1 Å². The molecule has 3 N–H and O–H groups in total. The number of hydrogen-bond acceptors (Lipinski definition) is 2. The summed E-state index contributed by atoms with van der Waals surface area (Å²) in [7, 11) is 0. The van der Waals surface area contributed by atoms with E-state index in [0.29, 0.717) is 5.96 Å². The molecule has 0 unspecified atom stereocenters. The molecule has 2 aromatic rings. The van der Waals surface area contributed by atoms with E-state index in [1.165, 1.54) is 30.4 Å². The second-order valence-electron chi connectivity index (χ2n) is 6.42. The van der Waals surface area contributed by atoms with Crippen molar-refractivity contribution in [3.05, 3.63) is 47.5 Å². The second-order valence-corrected chi connectivity index (χ2v) is 6.42. The Morgan fingerprint density at radius 2 is 2.12 bits per heavy atom. The zero-order valence-electron chi connectivity index (χ0n) is 14.9. The number of aryl methyl sites for hydroxylation is 3. The molecular weight excluding hydrogens is 425 g/mol. The van der Waals surface area contributed by atoms with Crippen molar-refractivity contribution in [2.24, 2.45) is 10.7 Å². The fraction of sp³-hybridized carbons (Fsp3) is 0.474. The number of rotatable bonds is 6. The predicted molar refractivity (Wildman–Crippen MR) is 115 cm³/mol. The van der Waals surface area contributed by atoms with Crippen molar-refractivity contribution < 1.29 is 0 Å². The minimum atomic E-state index is 0. The number of guanidine groups is 1. The molecule has 1 aliphatic carbocycles. The number of aliphatic imine (C=N–C) groups is 1. The van der Waals surface area contributed by atoms with Gasteiger partial charge in [-0.05, 0) is 62.6 Å². The Morgan fingerprint density at radius 1 is 1.28 bits per heavy atom. The van der Waals surface area contributed by atoms with Crippen molar-refractivity contribution in [2.45, 2.75) is 52.0 Å². The van der Waals surface area contributed by atoms with E-state index in [9.17, 15) is 0 Å². The van der Waals surface area contributed by atoms with Crippen molar-refractivity contribution >= 4 is 35.6 Å². The molecule has 3 rings (SSSR count). The molecule has 1 aromatic carbocycles. The molecule has 1 aliphatic rings. The molecule has 25 heavy (non-hydrogen) atoms. The first kappa shape index (κ1) is 19.8. The Labute approximate surface area is 167 Å². The highest BCUT2D eigenvalue weighted by Crippen LogP contribution is 2.27. The van der Waals surface area contributed by atoms with E-state index < -0.39 is 0 Å². The Balaban J connectivity index is 0.00000225. The van der Waals surface area contributed by atoms with Gasteiger partial charge in [0, 0.05) is 31.2 Å². The van der Waals surface area contributed by atoms with Crippen LogP contribution in [0.25, 0.3) is 0 Å². The number of nitrogens with one attached hydrogen (secondary N) is 1. The van der Waals surface area contributed by atoms with Gasteiger partial charge in [0.25, 0.3) is 0 Å². The van der Waals surface area contributed by atoms with E-state index >= 15 is 0 Å². The minimum absolute atomic E-state index is 0. The molecule has 0 radical (unpaired) electrons. The van der Waals surface area contributed by atoms with Gasteiger partial charge in [-0.25, -0.2) is 4.98 Å². The first-order valence-electron chi connectivity index (χ1n) is 8.89. The average Bonchev–Trinajstić information content (AvgIpc) is 3.00. The van der Waals surface area contributed by atoms with Crippen molar-refractivity contribution in [2.75, 3.05) is 11.9 Å². The zero-order valence-corrected chi connectivity index (χ0v) is 17.2. The first-order chi connectivity index (χ1) is 11.7. The molecule has 6 heteroatoms. The lowest BCUT2D eigenvalue weighted by atomic mass is 9.90. The van der Waals surface area contributed by atoms with Gasteiger partial charge in [0.1, 0.15) is 5.82 Å². The molecule has 1 aromatic heterocycles. The number of nitrogens with zero attached hydrogens (tertiary/aromatic N) is 3. The Bertz CT molecular complexity index is 708. The molecule has 5 nitrogen and oxygen atoms in total. The third kappa shape index (κ3) is 5.45. The molecule has 0 bridgehead atoms. The van der Waals surface area contributed by atoms with Gasteiger partial charge in [-0.15, -0.1) is 24.0 Å². The van der Waals surface area contributed by atoms with Gasteiger partial charge in [-0.1, -0.05) is 12.1 Å². The van der Waals surface area contributed by atoms with Gasteiger partial charge in [-0.3, -0.25) is 4.99 Å². The standard InChI is InChI=1S/C19H27N5.HI/c1-15-21-12-14-24(15)13-5-4-11-22-19(20)23-18-10-6-8-16-7-2-3-9-17(16)18;/h6,8,10,12,14H,2-5,7,9,11,13H2,1H3,(H3,20,22,23);1H. The number of halogens is 1. The molecule has 136 valence electrons. The summed E-state index contributed by atoms with van der Waals surface area (Å²) in [5.74, 6) is 1.58. The number of aromatic nitrogens is 2. The Hall–Kier alpha value is -1.57. The molecule has 1 heterocycles. The van der Waals surface area contributed by atoms with Crippen LogP contribution in [0, 0.1) is 6.92 Å². The third-order valence-electron chi connectivity index (χ3n) is 4.67. The van der Waals surface area contributed by atoms with Gasteiger partial charge in [-0.2, -0.15) is 0 Å². The number of hydrogen-bond donors (Lipinski definition) is 2. The molecule has 0 atom stereocenters. The number of anilines is 1. The third-order valence-corrected chi connectivity index (χ3v) is 4.67. The van der Waals surface area contributed by atoms with Crippen LogP contribution in [0.4, 0.5) is 5.69 Å². The van der Waals surface area contributed by atoms with Crippen LogP contribution in [0.2, 0.25) is 0 Å². The predicted octanol–water partition coefficient (Wildman–Crippen LogP) is 3.90. The van der Waals surface area contributed by atoms with Crippen molar-refractivity contribution in [1.29, 1.82) is 0 Å². The van der Waals surface area contributed by atoms with E-state index in [1.54, 1.807) is 0 Å². The van der Waals surface area contributed by atoms with E-state index in [0.717, 1.165) is 43.9 Å². The number of nitrogens with two attached hydrogens (primary N) is 1. The largest absolute Gasteiger partial charge is 0.370 e. The summed E-state index contributed by atoms with van der Waals surface area (Å²) in [6.07, 6.45) is 10.8. The maximum atomic E-state index is 6.06. The molecular formula is C19H28IN5. The van der Waals surface area contributed by atoms with Gasteiger partial charge in [0.15, 0.2) is 5.96 Å². The molecule has 0 spiro atoms. The van der Waals surface area contributed by atoms with Gasteiger partial charge < -0.3 is 15.6 Å². The lowest BCUT2D eigenvalue weighted by molar-refractivity contribution is 0.602. The van der Waals surface area contributed by atoms with E-state index in [4.69, 9.17) is 5.73 Å². The summed E-state index contributed by atoms with van der Waals surface area (Å²) in [6, 6.07) is 6.44. The van der Waals surface area contributed by atoms with Crippen LogP contribution in [0.15, 0.2) is 35.6 Å². The SMILES string of the molecule is Cc1nccn1CCCCN=C(N)Nc1cccc2c1CCCC2.I. The van der Waals surface area contributed by atoms with Crippen molar-refractivity contribution in [3.63, 3.8) is 0 Å². The normalized spacial score (nSPS) is 13.9. The average molecular weight is 453 g/mol. The molecule has 0 aliphatic heterocycles. The van der Waals surface area contributed by atoms with Crippen LogP contribution in [-0.2, 0) is 19.4 Å². The smallest absolute Gasteiger partial charge is 0.193 e. The van der Waals surface area contributed by atoms with Crippen molar-refractivity contribution in [3.8, 4) is 0 Å². The lowest BCUT2D eigenvalue weighted by Crippen LogP contribution is -2.24. The number of imidazole rings is 1. The Morgan fingerprint density at radius 3 is 2.92 bits per heavy atom. The second kappa shape index (κ2) is 9.79. The summed E-state index contributed by atoms with van der Waals surface area (Å²) in [5.41, 5.74) is 10.1. The summed E-state index contributed by atoms with van der Waals surface area (Å²) < 4.78 is 2.17. The van der Waals surface area contributed by atoms with Crippen LogP contribution >= 0.6 is 24.0 Å². The monoisotopic (exact) mass is 453 g/mol. The maximum Gasteiger partial charge on any atom is 0.193 e. The van der Waals surface area contributed by atoms with Crippen molar-refractivity contribution in [1.82, 2.24) is 9.55 Å². The van der Waals surface area contributed by atoms with E-state index in [1.807, 2.05) is 19.3 Å². The van der Waals surface area contributed by atoms with Gasteiger partial charge >= 0.3 is 0 Å². The maximum absolute atomic E-state index is 6.06. The highest BCUT2D eigenvalue weighted by Gasteiger charge is 2.12. The quantitative estimate of drug-likeness (QED) is 0.302. The Kier molecular flexibility index (Phi) is 7.74. The lowest BCUT2D eigenvalue weighted by Gasteiger charge is -2.19. The van der Waals surface area contributed by atoms with Gasteiger partial charge in [0.05, 0.1) is 0 Å². The van der Waals surface area contributed by atoms with E-state index in [2.05, 4.69) is 38.1 Å². The zero-order chi connectivity index (χ0) is 16.8. The molecule has 0 saturated heterocycles. The first-order valence-corrected chi connectivity index (χ1v) is 8.89. The summed E-state index contributed by atoms with van der Waals surface area (Å²) in [6.45, 7) is 3.77. The fourth-order valence-corrected chi connectivity index (χ4v) is 3.31. The number of unbranched alkanes of at least 4 members (excludes halogenated alkanes) is 1. The van der Waals surface area contributed by atoms with Crippen LogP contribution in [0.1, 0.15) is 42.6 Å². The highest BCUT2D eigenvalue weighted by atomic mass is 127. The minimum Gasteiger partial charge on any atom is -0.370 e. The molecule has 0 fully saturated rings. The van der Waals surface area contributed by atoms with Gasteiger partial charge in [0.2, 0.25) is 0 Å². The number of benzene rings is 1. The summed E-state index contributed by atoms with van der Waals surface area (Å²) in [5, 5.41) is 3.30. The van der Waals surface area contributed by atoms with Crippen LogP contribution in [0.5, 0.6) is 0 Å². The van der Waals surface area contributed by atoms with E-state index in [-0.39, 0.29) is 24.0 Å².